The van der Waals surface area contributed by atoms with Crippen LogP contribution in [-0.2, 0) is 6.54 Å². The van der Waals surface area contributed by atoms with E-state index in [1.807, 2.05) is 24.4 Å². The highest BCUT2D eigenvalue weighted by atomic mass is 79.9. The Morgan fingerprint density at radius 3 is 3.00 bits per heavy atom. The lowest BCUT2D eigenvalue weighted by atomic mass is 10.2. The second-order valence-electron chi connectivity index (χ2n) is 4.35. The summed E-state index contributed by atoms with van der Waals surface area (Å²) >= 11 is 3.23. The standard InChI is InChI=1S/C14H10BrFN4O/c15-11-5-4-9(16)7-10(11)14(21)17-8-13-19-18-12-3-1-2-6-20(12)13/h1-7H,8H2,(H,17,21). The molecule has 3 rings (SSSR count). The molecule has 21 heavy (non-hydrogen) atoms. The molecule has 1 amide bonds. The quantitative estimate of drug-likeness (QED) is 0.791. The number of hydrogen-bond donors (Lipinski definition) is 1. The molecule has 0 saturated heterocycles. The van der Waals surface area contributed by atoms with Gasteiger partial charge in [0.1, 0.15) is 5.82 Å². The predicted octanol–water partition coefficient (Wildman–Crippen LogP) is 2.56. The monoisotopic (exact) mass is 348 g/mol. The van der Waals surface area contributed by atoms with Crippen LogP contribution < -0.4 is 5.32 Å². The first kappa shape index (κ1) is 13.7. The summed E-state index contributed by atoms with van der Waals surface area (Å²) in [5.41, 5.74) is 0.942. The summed E-state index contributed by atoms with van der Waals surface area (Å²) in [6.45, 7) is 0.201. The van der Waals surface area contributed by atoms with Crippen LogP contribution in [0.1, 0.15) is 16.2 Å². The number of hydrogen-bond acceptors (Lipinski definition) is 3. The van der Waals surface area contributed by atoms with Crippen molar-refractivity contribution >= 4 is 27.5 Å². The molecule has 2 heterocycles. The summed E-state index contributed by atoms with van der Waals surface area (Å²) in [4.78, 5) is 12.1. The highest BCUT2D eigenvalue weighted by molar-refractivity contribution is 9.10. The normalized spacial score (nSPS) is 10.8. The van der Waals surface area contributed by atoms with E-state index in [9.17, 15) is 9.18 Å². The SMILES string of the molecule is O=C(NCc1nnc2ccccn12)c1cc(F)ccc1Br. The first-order valence-corrected chi connectivity index (χ1v) is 6.96. The third kappa shape index (κ3) is 2.78. The lowest BCUT2D eigenvalue weighted by Crippen LogP contribution is -2.24. The Balaban J connectivity index is 1.78. The van der Waals surface area contributed by atoms with Crippen LogP contribution >= 0.6 is 15.9 Å². The van der Waals surface area contributed by atoms with Crippen LogP contribution in [0.25, 0.3) is 5.65 Å². The van der Waals surface area contributed by atoms with E-state index in [1.54, 1.807) is 4.40 Å². The highest BCUT2D eigenvalue weighted by Crippen LogP contribution is 2.17. The average molecular weight is 349 g/mol. The van der Waals surface area contributed by atoms with Crippen LogP contribution in [0.3, 0.4) is 0 Å². The van der Waals surface area contributed by atoms with Gasteiger partial charge >= 0.3 is 0 Å². The van der Waals surface area contributed by atoms with Crippen molar-refractivity contribution in [2.24, 2.45) is 0 Å². The zero-order valence-electron chi connectivity index (χ0n) is 10.8. The Kier molecular flexibility index (Phi) is 3.66. The third-order valence-corrected chi connectivity index (χ3v) is 3.66. The van der Waals surface area contributed by atoms with Crippen LogP contribution in [0, 0.1) is 5.82 Å². The largest absolute Gasteiger partial charge is 0.345 e. The summed E-state index contributed by atoms with van der Waals surface area (Å²) in [7, 11) is 0. The maximum atomic E-state index is 13.2. The lowest BCUT2D eigenvalue weighted by Gasteiger charge is -2.06. The van der Waals surface area contributed by atoms with Gasteiger partial charge in [0.05, 0.1) is 12.1 Å². The number of benzene rings is 1. The zero-order valence-corrected chi connectivity index (χ0v) is 12.3. The number of aromatic nitrogens is 3. The van der Waals surface area contributed by atoms with Gasteiger partial charge < -0.3 is 5.32 Å². The van der Waals surface area contributed by atoms with Gasteiger partial charge in [0, 0.05) is 10.7 Å². The maximum absolute atomic E-state index is 13.2. The van der Waals surface area contributed by atoms with E-state index in [4.69, 9.17) is 0 Å². The Morgan fingerprint density at radius 1 is 1.29 bits per heavy atom. The number of amides is 1. The fraction of sp³-hybridized carbons (Fsp3) is 0.0714. The molecule has 0 aliphatic heterocycles. The second-order valence-corrected chi connectivity index (χ2v) is 5.21. The number of pyridine rings is 1. The smallest absolute Gasteiger partial charge is 0.252 e. The summed E-state index contributed by atoms with van der Waals surface area (Å²) in [5.74, 6) is -0.239. The van der Waals surface area contributed by atoms with E-state index in [0.29, 0.717) is 15.9 Å². The Bertz CT molecular complexity index is 818. The number of nitrogens with one attached hydrogen (secondary N) is 1. The van der Waals surface area contributed by atoms with E-state index in [0.717, 1.165) is 0 Å². The summed E-state index contributed by atoms with van der Waals surface area (Å²) < 4.78 is 15.5. The van der Waals surface area contributed by atoms with Crippen molar-refractivity contribution in [2.75, 3.05) is 0 Å². The molecular weight excluding hydrogens is 339 g/mol. The van der Waals surface area contributed by atoms with Gasteiger partial charge in [0.25, 0.3) is 5.91 Å². The molecule has 7 heteroatoms. The number of halogens is 2. The highest BCUT2D eigenvalue weighted by Gasteiger charge is 2.12. The fourth-order valence-electron chi connectivity index (χ4n) is 1.94. The predicted molar refractivity (Wildman–Crippen MR) is 78.3 cm³/mol. The van der Waals surface area contributed by atoms with Crippen LogP contribution in [0.5, 0.6) is 0 Å². The van der Waals surface area contributed by atoms with Crippen molar-refractivity contribution in [2.45, 2.75) is 6.54 Å². The molecule has 0 fully saturated rings. The van der Waals surface area contributed by atoms with Gasteiger partial charge in [-0.25, -0.2) is 4.39 Å². The Morgan fingerprint density at radius 2 is 2.14 bits per heavy atom. The van der Waals surface area contributed by atoms with Crippen molar-refractivity contribution < 1.29 is 9.18 Å². The molecule has 0 radical (unpaired) electrons. The summed E-state index contributed by atoms with van der Waals surface area (Å²) in [5, 5.41) is 10.7. The van der Waals surface area contributed by atoms with E-state index >= 15 is 0 Å². The molecule has 1 aromatic carbocycles. The Hall–Kier alpha value is -2.28. The topological polar surface area (TPSA) is 59.3 Å². The minimum Gasteiger partial charge on any atom is -0.345 e. The van der Waals surface area contributed by atoms with Crippen LogP contribution in [0.15, 0.2) is 47.1 Å². The first-order chi connectivity index (χ1) is 10.1. The minimum atomic E-state index is -0.462. The maximum Gasteiger partial charge on any atom is 0.252 e. The molecule has 106 valence electrons. The Labute approximate surface area is 127 Å². The summed E-state index contributed by atoms with van der Waals surface area (Å²) in [6, 6.07) is 9.49. The van der Waals surface area contributed by atoms with Crippen LogP contribution in [0.4, 0.5) is 4.39 Å². The van der Waals surface area contributed by atoms with E-state index in [1.165, 1.54) is 18.2 Å². The molecule has 0 unspecified atom stereocenters. The van der Waals surface area contributed by atoms with E-state index in [-0.39, 0.29) is 18.0 Å². The van der Waals surface area contributed by atoms with Crippen molar-refractivity contribution in [3.05, 3.63) is 64.3 Å². The first-order valence-electron chi connectivity index (χ1n) is 6.17. The minimum absolute atomic E-state index is 0.201. The van der Waals surface area contributed by atoms with Crippen LogP contribution in [0.2, 0.25) is 0 Å². The van der Waals surface area contributed by atoms with Crippen molar-refractivity contribution in [3.63, 3.8) is 0 Å². The number of carbonyl (C=O) groups excluding carboxylic acids is 1. The lowest BCUT2D eigenvalue weighted by molar-refractivity contribution is 0.0948. The molecule has 1 N–H and O–H groups in total. The van der Waals surface area contributed by atoms with Crippen molar-refractivity contribution in [3.8, 4) is 0 Å². The van der Waals surface area contributed by atoms with Crippen LogP contribution in [-0.4, -0.2) is 20.5 Å². The number of rotatable bonds is 3. The van der Waals surface area contributed by atoms with Crippen molar-refractivity contribution in [1.29, 1.82) is 0 Å². The zero-order chi connectivity index (χ0) is 14.8. The van der Waals surface area contributed by atoms with E-state index < -0.39 is 5.82 Å². The van der Waals surface area contributed by atoms with Gasteiger partial charge in [-0.3, -0.25) is 9.20 Å². The molecule has 0 saturated carbocycles. The summed E-state index contributed by atoms with van der Waals surface area (Å²) in [6.07, 6.45) is 1.81. The molecular formula is C14H10BrFN4O. The van der Waals surface area contributed by atoms with Gasteiger partial charge in [-0.15, -0.1) is 10.2 Å². The van der Waals surface area contributed by atoms with Gasteiger partial charge in [-0.2, -0.15) is 0 Å². The third-order valence-electron chi connectivity index (χ3n) is 2.96. The molecule has 0 atom stereocenters. The average Bonchev–Trinajstić information content (AvgIpc) is 2.90. The van der Waals surface area contributed by atoms with Crippen molar-refractivity contribution in [1.82, 2.24) is 19.9 Å². The number of fused-ring (bicyclic) bond motifs is 1. The molecule has 5 nitrogen and oxygen atoms in total. The molecule has 0 aliphatic rings. The van der Waals surface area contributed by atoms with E-state index in [2.05, 4.69) is 31.4 Å². The molecule has 0 bridgehead atoms. The fourth-order valence-corrected chi connectivity index (χ4v) is 2.36. The van der Waals surface area contributed by atoms with Gasteiger partial charge in [-0.1, -0.05) is 6.07 Å². The number of carbonyl (C=O) groups is 1. The van der Waals surface area contributed by atoms with Gasteiger partial charge in [0.15, 0.2) is 11.5 Å². The molecule has 2 aromatic heterocycles. The van der Waals surface area contributed by atoms with Gasteiger partial charge in [0.2, 0.25) is 0 Å². The second kappa shape index (κ2) is 5.61. The molecule has 0 spiro atoms. The van der Waals surface area contributed by atoms with Gasteiger partial charge in [-0.05, 0) is 46.3 Å². The number of nitrogens with zero attached hydrogens (tertiary/aromatic N) is 3. The molecule has 0 aliphatic carbocycles. The molecule has 3 aromatic rings.